The van der Waals surface area contributed by atoms with Crippen molar-refractivity contribution in [3.63, 3.8) is 0 Å². The first-order valence-corrected chi connectivity index (χ1v) is 9.82. The minimum Gasteiger partial charge on any atom is -0.329 e. The Kier molecular flexibility index (Phi) is 4.60. The highest BCUT2D eigenvalue weighted by atomic mass is 19.1. The van der Waals surface area contributed by atoms with Crippen molar-refractivity contribution in [2.75, 3.05) is 0 Å². The number of fused-ring (bicyclic) bond motifs is 2. The molecule has 1 atom stereocenters. The first-order chi connectivity index (χ1) is 14.2. The Morgan fingerprint density at radius 3 is 2.59 bits per heavy atom. The Bertz CT molecular complexity index is 1170. The van der Waals surface area contributed by atoms with Crippen LogP contribution in [0, 0.1) is 11.6 Å². The highest BCUT2D eigenvalue weighted by Gasteiger charge is 2.27. The molecule has 0 bridgehead atoms. The summed E-state index contributed by atoms with van der Waals surface area (Å²) in [5, 5.41) is 0. The SMILES string of the molecule is Fc1ccc(CN2Cc3ccccc3C[C@H]2Cn2cnc3ccccc32)c(F)c1. The summed E-state index contributed by atoms with van der Waals surface area (Å²) in [7, 11) is 0. The molecule has 3 aromatic carbocycles. The maximum Gasteiger partial charge on any atom is 0.130 e. The van der Waals surface area contributed by atoms with Crippen molar-refractivity contribution < 1.29 is 8.78 Å². The van der Waals surface area contributed by atoms with Crippen LogP contribution >= 0.6 is 0 Å². The quantitative estimate of drug-likeness (QED) is 0.493. The molecule has 5 heteroatoms. The Labute approximate surface area is 168 Å². The van der Waals surface area contributed by atoms with Crippen molar-refractivity contribution in [3.8, 4) is 0 Å². The summed E-state index contributed by atoms with van der Waals surface area (Å²) in [4.78, 5) is 6.79. The van der Waals surface area contributed by atoms with Gasteiger partial charge in [0.15, 0.2) is 0 Å². The van der Waals surface area contributed by atoms with E-state index in [2.05, 4.69) is 38.7 Å². The van der Waals surface area contributed by atoms with Gasteiger partial charge in [0.05, 0.1) is 17.4 Å². The highest BCUT2D eigenvalue weighted by molar-refractivity contribution is 5.74. The minimum atomic E-state index is -0.545. The van der Waals surface area contributed by atoms with Gasteiger partial charge in [-0.15, -0.1) is 0 Å². The molecule has 0 radical (unpaired) electrons. The Hall–Kier alpha value is -3.05. The van der Waals surface area contributed by atoms with Gasteiger partial charge in [-0.2, -0.15) is 0 Å². The molecule has 0 aliphatic carbocycles. The highest BCUT2D eigenvalue weighted by Crippen LogP contribution is 2.27. The lowest BCUT2D eigenvalue weighted by Gasteiger charge is -2.37. The molecular weight excluding hydrogens is 368 g/mol. The second kappa shape index (κ2) is 7.41. The van der Waals surface area contributed by atoms with Crippen LogP contribution in [-0.4, -0.2) is 20.5 Å². The largest absolute Gasteiger partial charge is 0.329 e. The molecule has 146 valence electrons. The van der Waals surface area contributed by atoms with Gasteiger partial charge < -0.3 is 4.57 Å². The lowest BCUT2D eigenvalue weighted by Crippen LogP contribution is -2.42. The summed E-state index contributed by atoms with van der Waals surface area (Å²) < 4.78 is 29.8. The zero-order valence-corrected chi connectivity index (χ0v) is 15.9. The molecule has 2 heterocycles. The van der Waals surface area contributed by atoms with Crippen LogP contribution in [0.25, 0.3) is 11.0 Å². The van der Waals surface area contributed by atoms with Crippen molar-refractivity contribution in [1.29, 1.82) is 0 Å². The van der Waals surface area contributed by atoms with Crippen LogP contribution in [0.15, 0.2) is 73.1 Å². The first-order valence-electron chi connectivity index (χ1n) is 9.82. The third-order valence-corrected chi connectivity index (χ3v) is 5.79. The van der Waals surface area contributed by atoms with E-state index >= 15 is 0 Å². The third-order valence-electron chi connectivity index (χ3n) is 5.79. The molecule has 0 unspecified atom stereocenters. The lowest BCUT2D eigenvalue weighted by atomic mass is 9.93. The molecule has 0 fully saturated rings. The molecule has 5 rings (SSSR count). The average Bonchev–Trinajstić information content (AvgIpc) is 3.13. The summed E-state index contributed by atoms with van der Waals surface area (Å²) >= 11 is 0. The van der Waals surface area contributed by atoms with Gasteiger partial charge in [0.25, 0.3) is 0 Å². The van der Waals surface area contributed by atoms with E-state index in [0.717, 1.165) is 36.6 Å². The van der Waals surface area contributed by atoms with Gasteiger partial charge in [0.2, 0.25) is 0 Å². The summed E-state index contributed by atoms with van der Waals surface area (Å²) in [5.41, 5.74) is 5.19. The van der Waals surface area contributed by atoms with E-state index in [9.17, 15) is 8.78 Å². The summed E-state index contributed by atoms with van der Waals surface area (Å²) in [6.45, 7) is 1.94. The van der Waals surface area contributed by atoms with Crippen LogP contribution in [0.5, 0.6) is 0 Å². The molecule has 3 nitrogen and oxygen atoms in total. The standard InChI is InChI=1S/C24H21F2N3/c25-20-10-9-19(22(26)12-20)14-28-13-18-6-2-1-5-17(18)11-21(28)15-29-16-27-23-7-3-4-8-24(23)29/h1-10,12,16,21H,11,13-15H2/t21-/m0/s1. The molecule has 0 spiro atoms. The fraction of sp³-hybridized carbons (Fsp3) is 0.208. The smallest absolute Gasteiger partial charge is 0.130 e. The summed E-state index contributed by atoms with van der Waals surface area (Å²) in [6, 6.07) is 20.5. The Balaban J connectivity index is 1.48. The van der Waals surface area contributed by atoms with E-state index < -0.39 is 11.6 Å². The molecule has 1 aromatic heterocycles. The van der Waals surface area contributed by atoms with Crippen molar-refractivity contribution in [1.82, 2.24) is 14.5 Å². The number of nitrogens with zero attached hydrogens (tertiary/aromatic N) is 3. The number of halogens is 2. The van der Waals surface area contributed by atoms with Crippen LogP contribution < -0.4 is 0 Å². The predicted octanol–water partition coefficient (Wildman–Crippen LogP) is 4.94. The molecule has 0 saturated carbocycles. The van der Waals surface area contributed by atoms with E-state index in [1.807, 2.05) is 30.6 Å². The van der Waals surface area contributed by atoms with Crippen molar-refractivity contribution in [2.45, 2.75) is 32.1 Å². The van der Waals surface area contributed by atoms with Crippen molar-refractivity contribution in [3.05, 3.63) is 101 Å². The van der Waals surface area contributed by atoms with Gasteiger partial charge >= 0.3 is 0 Å². The van der Waals surface area contributed by atoms with E-state index in [0.29, 0.717) is 12.1 Å². The van der Waals surface area contributed by atoms with Crippen molar-refractivity contribution >= 4 is 11.0 Å². The maximum atomic E-state index is 14.3. The normalized spacial score (nSPS) is 16.8. The molecule has 0 amide bonds. The molecule has 0 saturated heterocycles. The molecule has 4 aromatic rings. The second-order valence-electron chi connectivity index (χ2n) is 7.65. The monoisotopic (exact) mass is 389 g/mol. The zero-order valence-electron chi connectivity index (χ0n) is 15.9. The van der Waals surface area contributed by atoms with E-state index in [-0.39, 0.29) is 6.04 Å². The van der Waals surface area contributed by atoms with Gasteiger partial charge in [-0.25, -0.2) is 13.8 Å². The summed E-state index contributed by atoms with van der Waals surface area (Å²) in [6.07, 6.45) is 2.76. The van der Waals surface area contributed by atoms with E-state index in [1.54, 1.807) is 6.07 Å². The minimum absolute atomic E-state index is 0.187. The average molecular weight is 389 g/mol. The number of aromatic nitrogens is 2. The first kappa shape index (κ1) is 18.0. The molecule has 1 aliphatic rings. The van der Waals surface area contributed by atoms with Crippen molar-refractivity contribution in [2.24, 2.45) is 0 Å². The van der Waals surface area contributed by atoms with Gasteiger partial charge in [0.1, 0.15) is 11.6 Å². The molecule has 29 heavy (non-hydrogen) atoms. The topological polar surface area (TPSA) is 21.1 Å². The van der Waals surface area contributed by atoms with Crippen LogP contribution in [0.2, 0.25) is 0 Å². The molecule has 1 aliphatic heterocycles. The second-order valence-corrected chi connectivity index (χ2v) is 7.65. The van der Waals surface area contributed by atoms with Gasteiger partial charge in [0, 0.05) is 37.3 Å². The van der Waals surface area contributed by atoms with Gasteiger partial charge in [-0.1, -0.05) is 42.5 Å². The maximum absolute atomic E-state index is 14.3. The zero-order chi connectivity index (χ0) is 19.8. The van der Waals surface area contributed by atoms with Crippen LogP contribution in [0.3, 0.4) is 0 Å². The van der Waals surface area contributed by atoms with Gasteiger partial charge in [-0.3, -0.25) is 4.90 Å². The van der Waals surface area contributed by atoms with E-state index in [1.165, 1.54) is 17.2 Å². The predicted molar refractivity (Wildman–Crippen MR) is 109 cm³/mol. The molecule has 0 N–H and O–H groups in total. The lowest BCUT2D eigenvalue weighted by molar-refractivity contribution is 0.145. The third kappa shape index (κ3) is 3.54. The van der Waals surface area contributed by atoms with E-state index in [4.69, 9.17) is 0 Å². The fourth-order valence-electron chi connectivity index (χ4n) is 4.26. The number of imidazole rings is 1. The number of para-hydroxylation sites is 2. The Morgan fingerprint density at radius 1 is 0.931 bits per heavy atom. The number of hydrogen-bond donors (Lipinski definition) is 0. The van der Waals surface area contributed by atoms with Crippen LogP contribution in [-0.2, 0) is 26.1 Å². The molecular formula is C24H21F2N3. The fourth-order valence-corrected chi connectivity index (χ4v) is 4.26. The van der Waals surface area contributed by atoms with Crippen LogP contribution in [0.4, 0.5) is 8.78 Å². The van der Waals surface area contributed by atoms with Gasteiger partial charge in [-0.05, 0) is 35.7 Å². The summed E-state index contributed by atoms with van der Waals surface area (Å²) in [5.74, 6) is -1.03. The number of hydrogen-bond acceptors (Lipinski definition) is 2. The van der Waals surface area contributed by atoms with Crippen LogP contribution in [0.1, 0.15) is 16.7 Å². The Morgan fingerprint density at radius 2 is 1.72 bits per heavy atom. The number of benzene rings is 3. The number of rotatable bonds is 4.